The topological polar surface area (TPSA) is 72.9 Å². The van der Waals surface area contributed by atoms with Crippen molar-refractivity contribution in [2.24, 2.45) is 5.73 Å². The molecule has 6 nitrogen and oxygen atoms in total. The summed E-state index contributed by atoms with van der Waals surface area (Å²) in [6, 6.07) is 8.49. The van der Waals surface area contributed by atoms with Gasteiger partial charge in [0.2, 0.25) is 0 Å². The maximum atomic E-state index is 6.01. The second-order valence-corrected chi connectivity index (χ2v) is 6.10. The lowest BCUT2D eigenvalue weighted by Crippen LogP contribution is -2.40. The fourth-order valence-electron chi connectivity index (χ4n) is 3.17. The van der Waals surface area contributed by atoms with Crippen LogP contribution < -0.4 is 10.6 Å². The van der Waals surface area contributed by atoms with Crippen LogP contribution in [0, 0.1) is 6.92 Å². The van der Waals surface area contributed by atoms with E-state index in [1.54, 1.807) is 6.33 Å². The molecule has 0 bridgehead atoms. The lowest BCUT2D eigenvalue weighted by molar-refractivity contribution is 0.499. The number of para-hydroxylation sites is 1. The molecule has 0 amide bonds. The van der Waals surface area contributed by atoms with Gasteiger partial charge in [0.25, 0.3) is 0 Å². The number of fused-ring (bicyclic) bond motifs is 1. The van der Waals surface area contributed by atoms with Gasteiger partial charge in [-0.3, -0.25) is 0 Å². The van der Waals surface area contributed by atoms with Crippen LogP contribution >= 0.6 is 0 Å². The minimum Gasteiger partial charge on any atom is -0.356 e. The Morgan fingerprint density at radius 2 is 1.91 bits per heavy atom. The Kier molecular flexibility index (Phi) is 3.46. The van der Waals surface area contributed by atoms with E-state index in [1.807, 2.05) is 23.0 Å². The minimum atomic E-state index is 0.304. The quantitative estimate of drug-likeness (QED) is 0.784. The fraction of sp³-hybridized carbons (Fsp3) is 0.353. The van der Waals surface area contributed by atoms with Crippen LogP contribution in [0.25, 0.3) is 16.7 Å². The molecule has 1 aliphatic heterocycles. The Bertz CT molecular complexity index is 832. The van der Waals surface area contributed by atoms with Crippen LogP contribution in [0.5, 0.6) is 0 Å². The maximum Gasteiger partial charge on any atom is 0.168 e. The molecule has 2 N–H and O–H groups in total. The number of nitrogens with zero attached hydrogens (tertiary/aromatic N) is 5. The monoisotopic (exact) mass is 308 g/mol. The zero-order valence-corrected chi connectivity index (χ0v) is 13.2. The van der Waals surface area contributed by atoms with Crippen molar-refractivity contribution in [3.63, 3.8) is 0 Å². The molecule has 1 saturated heterocycles. The van der Waals surface area contributed by atoms with E-state index >= 15 is 0 Å². The molecule has 1 aromatic carbocycles. The van der Waals surface area contributed by atoms with Gasteiger partial charge in [0.15, 0.2) is 5.65 Å². The molecular formula is C17H20N6. The van der Waals surface area contributed by atoms with Crippen LogP contribution in [0.2, 0.25) is 0 Å². The van der Waals surface area contributed by atoms with Crippen molar-refractivity contribution >= 4 is 16.9 Å². The van der Waals surface area contributed by atoms with Gasteiger partial charge >= 0.3 is 0 Å². The second kappa shape index (κ2) is 5.62. The molecule has 0 spiro atoms. The highest BCUT2D eigenvalue weighted by Gasteiger charge is 2.21. The highest BCUT2D eigenvalue weighted by molar-refractivity contribution is 5.87. The zero-order valence-electron chi connectivity index (χ0n) is 13.2. The van der Waals surface area contributed by atoms with Crippen LogP contribution in [-0.2, 0) is 0 Å². The minimum absolute atomic E-state index is 0.304. The summed E-state index contributed by atoms with van der Waals surface area (Å²) in [5.74, 6) is 0.960. The summed E-state index contributed by atoms with van der Waals surface area (Å²) in [4.78, 5) is 11.3. The van der Waals surface area contributed by atoms with Gasteiger partial charge in [-0.05, 0) is 31.4 Å². The van der Waals surface area contributed by atoms with Crippen LogP contribution in [0.3, 0.4) is 0 Å². The highest BCUT2D eigenvalue weighted by atomic mass is 15.3. The molecular weight excluding hydrogens is 288 g/mol. The molecule has 0 aliphatic carbocycles. The first kappa shape index (κ1) is 14.1. The summed E-state index contributed by atoms with van der Waals surface area (Å²) in [6.07, 6.45) is 5.49. The standard InChI is InChI=1S/C17H20N6/c1-12-4-2-3-5-15(12)23-17-14(10-21-23)16(19-11-20-17)22-8-6-13(18)7-9-22/h2-5,10-11,13H,6-9,18H2,1H3. The summed E-state index contributed by atoms with van der Waals surface area (Å²) in [5, 5.41) is 5.55. The molecule has 1 fully saturated rings. The summed E-state index contributed by atoms with van der Waals surface area (Å²) in [5.41, 5.74) is 9.07. The third-order valence-corrected chi connectivity index (χ3v) is 4.53. The normalized spacial score (nSPS) is 16.2. The molecule has 1 aliphatic rings. The van der Waals surface area contributed by atoms with E-state index in [2.05, 4.69) is 39.0 Å². The van der Waals surface area contributed by atoms with E-state index in [1.165, 1.54) is 5.56 Å². The van der Waals surface area contributed by atoms with Gasteiger partial charge in [-0.15, -0.1) is 0 Å². The van der Waals surface area contributed by atoms with Crippen molar-refractivity contribution in [2.45, 2.75) is 25.8 Å². The lowest BCUT2D eigenvalue weighted by Gasteiger charge is -2.31. The number of hydrogen-bond donors (Lipinski definition) is 1. The van der Waals surface area contributed by atoms with Crippen molar-refractivity contribution in [3.05, 3.63) is 42.4 Å². The van der Waals surface area contributed by atoms with Crippen molar-refractivity contribution in [2.75, 3.05) is 18.0 Å². The van der Waals surface area contributed by atoms with Crippen molar-refractivity contribution in [3.8, 4) is 5.69 Å². The average molecular weight is 308 g/mol. The molecule has 4 rings (SSSR count). The van der Waals surface area contributed by atoms with E-state index in [4.69, 9.17) is 5.73 Å². The third kappa shape index (κ3) is 2.45. The number of hydrogen-bond acceptors (Lipinski definition) is 5. The molecule has 118 valence electrons. The number of benzene rings is 1. The largest absolute Gasteiger partial charge is 0.356 e. The van der Waals surface area contributed by atoms with E-state index in [9.17, 15) is 0 Å². The maximum absolute atomic E-state index is 6.01. The lowest BCUT2D eigenvalue weighted by atomic mass is 10.1. The van der Waals surface area contributed by atoms with Gasteiger partial charge in [0.05, 0.1) is 17.3 Å². The highest BCUT2D eigenvalue weighted by Crippen LogP contribution is 2.27. The van der Waals surface area contributed by atoms with Crippen molar-refractivity contribution in [1.29, 1.82) is 0 Å². The first-order valence-corrected chi connectivity index (χ1v) is 7.99. The van der Waals surface area contributed by atoms with Gasteiger partial charge in [0.1, 0.15) is 12.1 Å². The van der Waals surface area contributed by atoms with E-state index in [0.29, 0.717) is 6.04 Å². The summed E-state index contributed by atoms with van der Waals surface area (Å²) in [7, 11) is 0. The smallest absolute Gasteiger partial charge is 0.168 e. The Balaban J connectivity index is 1.80. The van der Waals surface area contributed by atoms with Crippen molar-refractivity contribution < 1.29 is 0 Å². The van der Waals surface area contributed by atoms with Crippen LogP contribution in [0.15, 0.2) is 36.8 Å². The average Bonchev–Trinajstić information content (AvgIpc) is 3.00. The SMILES string of the molecule is Cc1ccccc1-n1ncc2c(N3CCC(N)CC3)ncnc21. The summed E-state index contributed by atoms with van der Waals surface area (Å²) in [6.45, 7) is 3.95. The first-order valence-electron chi connectivity index (χ1n) is 7.99. The molecule has 6 heteroatoms. The van der Waals surface area contributed by atoms with Gasteiger partial charge in [-0.2, -0.15) is 5.10 Å². The van der Waals surface area contributed by atoms with Gasteiger partial charge in [-0.25, -0.2) is 14.6 Å². The third-order valence-electron chi connectivity index (χ3n) is 4.53. The Labute approximate surface area is 135 Å². The van der Waals surface area contributed by atoms with E-state index < -0.39 is 0 Å². The van der Waals surface area contributed by atoms with Crippen molar-refractivity contribution in [1.82, 2.24) is 19.7 Å². The van der Waals surface area contributed by atoms with Gasteiger partial charge in [-0.1, -0.05) is 18.2 Å². The number of rotatable bonds is 2. The molecule has 23 heavy (non-hydrogen) atoms. The molecule has 0 radical (unpaired) electrons. The van der Waals surface area contributed by atoms with E-state index in [0.717, 1.165) is 48.5 Å². The van der Waals surface area contributed by atoms with Gasteiger partial charge < -0.3 is 10.6 Å². The number of aromatic nitrogens is 4. The van der Waals surface area contributed by atoms with Crippen LogP contribution in [0.1, 0.15) is 18.4 Å². The Morgan fingerprint density at radius 1 is 1.13 bits per heavy atom. The molecule has 0 atom stereocenters. The first-order chi connectivity index (χ1) is 11.2. The molecule has 0 saturated carbocycles. The second-order valence-electron chi connectivity index (χ2n) is 6.10. The predicted octanol–water partition coefficient (Wildman–Crippen LogP) is 2.05. The Hall–Kier alpha value is -2.47. The number of nitrogens with two attached hydrogens (primary N) is 1. The summed E-state index contributed by atoms with van der Waals surface area (Å²) < 4.78 is 1.89. The zero-order chi connectivity index (χ0) is 15.8. The molecule has 0 unspecified atom stereocenters. The number of anilines is 1. The molecule has 2 aromatic heterocycles. The summed E-state index contributed by atoms with van der Waals surface area (Å²) >= 11 is 0. The van der Waals surface area contributed by atoms with Crippen LogP contribution in [0.4, 0.5) is 5.82 Å². The fourth-order valence-corrected chi connectivity index (χ4v) is 3.17. The Morgan fingerprint density at radius 3 is 2.70 bits per heavy atom. The molecule has 3 heterocycles. The van der Waals surface area contributed by atoms with Gasteiger partial charge in [0, 0.05) is 19.1 Å². The van der Waals surface area contributed by atoms with E-state index in [-0.39, 0.29) is 0 Å². The number of aryl methyl sites for hydroxylation is 1. The van der Waals surface area contributed by atoms with Crippen LogP contribution in [-0.4, -0.2) is 38.9 Å². The number of piperidine rings is 1. The predicted molar refractivity (Wildman–Crippen MR) is 90.8 cm³/mol. The molecule has 3 aromatic rings.